The van der Waals surface area contributed by atoms with Gasteiger partial charge in [0.25, 0.3) is 0 Å². The van der Waals surface area contributed by atoms with Crippen LogP contribution in [0.15, 0.2) is 24.3 Å². The zero-order valence-corrected chi connectivity index (χ0v) is 17.2. The molecule has 3 amide bonds. The highest BCUT2D eigenvalue weighted by molar-refractivity contribution is 7.98. The number of likely N-dealkylation sites (tertiary alicyclic amines) is 1. The molecule has 5 nitrogen and oxygen atoms in total. The lowest BCUT2D eigenvalue weighted by Crippen LogP contribution is -2.52. The SMILES string of the molecule is CSC[C@H](C(=O)N[C@H]1CCCc2ccccc21)N1C(=O)[C@H]2CCCC[C@H]2C1=O. The number of nitrogens with zero attached hydrogens (tertiary/aromatic N) is 1. The van der Waals surface area contributed by atoms with Crippen LogP contribution in [-0.2, 0) is 20.8 Å². The van der Waals surface area contributed by atoms with Gasteiger partial charge in [0.2, 0.25) is 17.7 Å². The molecule has 3 aliphatic rings. The lowest BCUT2D eigenvalue weighted by molar-refractivity contribution is -0.147. The largest absolute Gasteiger partial charge is 0.347 e. The number of hydrogen-bond donors (Lipinski definition) is 1. The van der Waals surface area contributed by atoms with Gasteiger partial charge in [-0.05, 0) is 49.5 Å². The van der Waals surface area contributed by atoms with E-state index in [1.807, 2.05) is 18.4 Å². The van der Waals surface area contributed by atoms with E-state index in [1.54, 1.807) is 0 Å². The van der Waals surface area contributed by atoms with E-state index >= 15 is 0 Å². The Morgan fingerprint density at radius 1 is 1.11 bits per heavy atom. The molecule has 2 aliphatic carbocycles. The summed E-state index contributed by atoms with van der Waals surface area (Å²) in [7, 11) is 0. The Morgan fingerprint density at radius 3 is 2.46 bits per heavy atom. The molecule has 1 heterocycles. The van der Waals surface area contributed by atoms with Crippen molar-refractivity contribution in [2.45, 2.75) is 57.0 Å². The second-order valence-corrected chi connectivity index (χ2v) is 9.08. The van der Waals surface area contributed by atoms with Gasteiger partial charge in [-0.3, -0.25) is 19.3 Å². The summed E-state index contributed by atoms with van der Waals surface area (Å²) in [6.07, 6.45) is 8.39. The van der Waals surface area contributed by atoms with Crippen molar-refractivity contribution in [2.24, 2.45) is 11.8 Å². The fraction of sp³-hybridized carbons (Fsp3) is 0.591. The van der Waals surface area contributed by atoms with Gasteiger partial charge in [-0.1, -0.05) is 37.1 Å². The third-order valence-electron chi connectivity index (χ3n) is 6.50. The highest BCUT2D eigenvalue weighted by Gasteiger charge is 2.51. The molecule has 6 heteroatoms. The Labute approximate surface area is 170 Å². The van der Waals surface area contributed by atoms with Crippen LogP contribution in [0.5, 0.6) is 0 Å². The molecule has 4 rings (SSSR count). The van der Waals surface area contributed by atoms with Crippen LogP contribution in [0, 0.1) is 11.8 Å². The first kappa shape index (κ1) is 19.5. The van der Waals surface area contributed by atoms with Gasteiger partial charge in [-0.15, -0.1) is 0 Å². The summed E-state index contributed by atoms with van der Waals surface area (Å²) in [6, 6.07) is 7.46. The van der Waals surface area contributed by atoms with Crippen LogP contribution in [0.3, 0.4) is 0 Å². The maximum atomic E-state index is 13.2. The number of amides is 3. The molecule has 28 heavy (non-hydrogen) atoms. The molecule has 1 saturated carbocycles. The van der Waals surface area contributed by atoms with Crippen LogP contribution in [-0.4, -0.2) is 40.7 Å². The predicted molar refractivity (Wildman–Crippen MR) is 110 cm³/mol. The summed E-state index contributed by atoms with van der Waals surface area (Å²) in [5, 5.41) is 3.16. The van der Waals surface area contributed by atoms with Crippen molar-refractivity contribution >= 4 is 29.5 Å². The number of carbonyl (C=O) groups excluding carboxylic acids is 3. The van der Waals surface area contributed by atoms with Crippen molar-refractivity contribution in [3.05, 3.63) is 35.4 Å². The second kappa shape index (κ2) is 8.27. The molecule has 1 saturated heterocycles. The van der Waals surface area contributed by atoms with Crippen molar-refractivity contribution in [1.82, 2.24) is 10.2 Å². The van der Waals surface area contributed by atoms with E-state index in [4.69, 9.17) is 0 Å². The molecule has 2 fully saturated rings. The van der Waals surface area contributed by atoms with Crippen molar-refractivity contribution in [1.29, 1.82) is 0 Å². The Bertz CT molecular complexity index is 757. The molecular weight excluding hydrogens is 372 g/mol. The van der Waals surface area contributed by atoms with Crippen LogP contribution in [0.2, 0.25) is 0 Å². The quantitative estimate of drug-likeness (QED) is 0.772. The number of rotatable bonds is 5. The molecule has 0 unspecified atom stereocenters. The molecule has 1 aromatic carbocycles. The molecule has 1 aliphatic heterocycles. The first-order valence-corrected chi connectivity index (χ1v) is 11.7. The molecule has 1 aromatic rings. The topological polar surface area (TPSA) is 66.5 Å². The van der Waals surface area contributed by atoms with Gasteiger partial charge in [0.1, 0.15) is 6.04 Å². The zero-order chi connectivity index (χ0) is 19.7. The number of benzene rings is 1. The van der Waals surface area contributed by atoms with E-state index in [2.05, 4.69) is 17.4 Å². The van der Waals surface area contributed by atoms with Gasteiger partial charge >= 0.3 is 0 Å². The van der Waals surface area contributed by atoms with Crippen LogP contribution in [0.4, 0.5) is 0 Å². The molecule has 150 valence electrons. The fourth-order valence-corrected chi connectivity index (χ4v) is 5.71. The average Bonchev–Trinajstić information content (AvgIpc) is 2.97. The number of aryl methyl sites for hydroxylation is 1. The smallest absolute Gasteiger partial charge is 0.244 e. The molecule has 0 spiro atoms. The fourth-order valence-electron chi connectivity index (χ4n) is 5.09. The minimum atomic E-state index is -0.713. The van der Waals surface area contributed by atoms with Gasteiger partial charge < -0.3 is 5.32 Å². The summed E-state index contributed by atoms with van der Waals surface area (Å²) in [5.74, 6) is -0.447. The van der Waals surface area contributed by atoms with E-state index < -0.39 is 6.04 Å². The Kier molecular flexibility index (Phi) is 5.76. The lowest BCUT2D eigenvalue weighted by atomic mass is 9.81. The molecule has 0 aromatic heterocycles. The summed E-state index contributed by atoms with van der Waals surface area (Å²) in [5.41, 5.74) is 2.44. The van der Waals surface area contributed by atoms with Crippen molar-refractivity contribution in [2.75, 3.05) is 12.0 Å². The number of nitrogens with one attached hydrogen (secondary N) is 1. The second-order valence-electron chi connectivity index (χ2n) is 8.17. The Hall–Kier alpha value is -1.82. The van der Waals surface area contributed by atoms with Gasteiger partial charge in [0, 0.05) is 5.75 Å². The van der Waals surface area contributed by atoms with Gasteiger partial charge in [0.05, 0.1) is 17.9 Å². The van der Waals surface area contributed by atoms with Crippen molar-refractivity contribution in [3.63, 3.8) is 0 Å². The third-order valence-corrected chi connectivity index (χ3v) is 7.15. The number of thioether (sulfide) groups is 1. The standard InChI is InChI=1S/C22H28N2O3S/c1-28-13-19(24-21(26)16-10-4-5-11-17(16)22(24)27)20(25)23-18-12-6-8-14-7-2-3-9-15(14)18/h2-3,7,9,16-19H,4-6,8,10-13H2,1H3,(H,23,25)/t16-,17+,18-,19+/m0/s1. The van der Waals surface area contributed by atoms with E-state index in [0.29, 0.717) is 5.75 Å². The van der Waals surface area contributed by atoms with E-state index in [9.17, 15) is 14.4 Å². The van der Waals surface area contributed by atoms with E-state index in [-0.39, 0.29) is 35.6 Å². The monoisotopic (exact) mass is 400 g/mol. The Morgan fingerprint density at radius 2 is 1.79 bits per heavy atom. The first-order chi connectivity index (χ1) is 13.6. The van der Waals surface area contributed by atoms with Gasteiger partial charge in [-0.2, -0.15) is 11.8 Å². The highest BCUT2D eigenvalue weighted by atomic mass is 32.2. The van der Waals surface area contributed by atoms with E-state index in [1.165, 1.54) is 22.2 Å². The van der Waals surface area contributed by atoms with Crippen LogP contribution >= 0.6 is 11.8 Å². The summed E-state index contributed by atoms with van der Waals surface area (Å²) in [6.45, 7) is 0. The van der Waals surface area contributed by atoms with Crippen LogP contribution < -0.4 is 5.32 Å². The predicted octanol–water partition coefficient (Wildman–Crippen LogP) is 3.09. The van der Waals surface area contributed by atoms with Gasteiger partial charge in [0.15, 0.2) is 0 Å². The first-order valence-electron chi connectivity index (χ1n) is 10.4. The number of hydrogen-bond acceptors (Lipinski definition) is 4. The highest BCUT2D eigenvalue weighted by Crippen LogP contribution is 2.39. The molecule has 0 bridgehead atoms. The average molecular weight is 401 g/mol. The molecule has 4 atom stereocenters. The van der Waals surface area contributed by atoms with Crippen LogP contribution in [0.25, 0.3) is 0 Å². The van der Waals surface area contributed by atoms with E-state index in [0.717, 1.165) is 50.5 Å². The third kappa shape index (κ3) is 3.47. The minimum Gasteiger partial charge on any atom is -0.347 e. The number of fused-ring (bicyclic) bond motifs is 2. The maximum Gasteiger partial charge on any atom is 0.244 e. The molecule has 0 radical (unpaired) electrons. The van der Waals surface area contributed by atoms with Crippen molar-refractivity contribution < 1.29 is 14.4 Å². The summed E-state index contributed by atoms with van der Waals surface area (Å²) in [4.78, 5) is 40.5. The molecule has 1 N–H and O–H groups in total. The molecular formula is C22H28N2O3S. The van der Waals surface area contributed by atoms with Crippen LogP contribution in [0.1, 0.15) is 55.7 Å². The normalized spacial score (nSPS) is 27.9. The van der Waals surface area contributed by atoms with Gasteiger partial charge in [-0.25, -0.2) is 0 Å². The maximum absolute atomic E-state index is 13.2. The number of imide groups is 1. The van der Waals surface area contributed by atoms with Crippen molar-refractivity contribution in [3.8, 4) is 0 Å². The number of carbonyl (C=O) groups is 3. The summed E-state index contributed by atoms with van der Waals surface area (Å²) < 4.78 is 0. The zero-order valence-electron chi connectivity index (χ0n) is 16.4. The lowest BCUT2D eigenvalue weighted by Gasteiger charge is -2.30. The summed E-state index contributed by atoms with van der Waals surface area (Å²) >= 11 is 1.50. The Balaban J connectivity index is 1.54. The minimum absolute atomic E-state index is 0.0445.